The Kier molecular flexibility index (Phi) is 14.8. The molecular formula is C30H52O23. The summed E-state index contributed by atoms with van der Waals surface area (Å²) < 4.78 is 44.2. The highest BCUT2D eigenvalue weighted by atomic mass is 16.8. The van der Waals surface area contributed by atoms with E-state index in [1.807, 2.05) is 0 Å². The molecule has 1 saturated carbocycles. The number of hydrogen-bond acceptors (Lipinski definition) is 23. The smallest absolute Gasteiger partial charge is 0.187 e. The Bertz CT molecular complexity index is 1140. The highest BCUT2D eigenvalue weighted by molar-refractivity contribution is 4.98. The summed E-state index contributed by atoms with van der Waals surface area (Å²) in [7, 11) is 0. The molecule has 0 aromatic rings. The second kappa shape index (κ2) is 18.1. The lowest BCUT2D eigenvalue weighted by Crippen LogP contribution is -2.67. The third-order valence-corrected chi connectivity index (χ3v) is 10.4. The van der Waals surface area contributed by atoms with Crippen molar-refractivity contribution in [1.29, 1.82) is 0 Å². The first-order valence-corrected chi connectivity index (χ1v) is 17.3. The number of ether oxygens (including phenoxy) is 8. The van der Waals surface area contributed by atoms with Crippen molar-refractivity contribution in [3.63, 3.8) is 0 Å². The standard InChI is InChI=1S/C30H52O23/c1-7-24(17(38)20(41)27(45)46-7)47-8-2-3-9(14(35)13(8)34)48-28-22(43)18(39)25(11(5-32)50-28)53-30-23(44)19(40)26(12(6-33)51-30)52-29-21(42)16(37)15(36)10(4-31)49-29/h7-45H,2-6H2,1H3/t7-,8+,9+,10+,11-,12+,13+,14-,15-,16+,17-,18-,19+,20+,21-,22-,23-,24-,25-,26+,27-,28-,29-,30-/m0/s1. The van der Waals surface area contributed by atoms with Gasteiger partial charge in [0.1, 0.15) is 104 Å². The molecule has 5 aliphatic rings. The quantitative estimate of drug-likeness (QED) is 0.0925. The normalized spacial score (nSPS) is 54.1. The second-order valence-electron chi connectivity index (χ2n) is 13.9. The summed E-state index contributed by atoms with van der Waals surface area (Å²) in [6.45, 7) is -1.08. The Morgan fingerprint density at radius 2 is 0.792 bits per heavy atom. The fraction of sp³-hybridized carbons (Fsp3) is 1.00. The van der Waals surface area contributed by atoms with E-state index < -0.39 is 167 Å². The number of aliphatic hydroxyl groups is 15. The Labute approximate surface area is 301 Å². The van der Waals surface area contributed by atoms with E-state index in [0.29, 0.717) is 0 Å². The minimum Gasteiger partial charge on any atom is -0.394 e. The van der Waals surface area contributed by atoms with Crippen LogP contribution in [0.3, 0.4) is 0 Å². The molecule has 24 atom stereocenters. The molecular weight excluding hydrogens is 728 g/mol. The van der Waals surface area contributed by atoms with Gasteiger partial charge in [-0.25, -0.2) is 0 Å². The van der Waals surface area contributed by atoms with Gasteiger partial charge in [-0.05, 0) is 19.8 Å². The molecule has 310 valence electrons. The van der Waals surface area contributed by atoms with E-state index in [1.54, 1.807) is 0 Å². The highest BCUT2D eigenvalue weighted by Crippen LogP contribution is 2.35. The van der Waals surface area contributed by atoms with Crippen LogP contribution < -0.4 is 0 Å². The maximum Gasteiger partial charge on any atom is 0.187 e. The van der Waals surface area contributed by atoms with Crippen LogP contribution in [0.25, 0.3) is 0 Å². The van der Waals surface area contributed by atoms with E-state index in [0.717, 1.165) is 0 Å². The molecule has 0 bridgehead atoms. The minimum atomic E-state index is -2.02. The molecule has 0 aromatic carbocycles. The van der Waals surface area contributed by atoms with Crippen LogP contribution in [0.4, 0.5) is 0 Å². The summed E-state index contributed by atoms with van der Waals surface area (Å²) >= 11 is 0. The van der Waals surface area contributed by atoms with Gasteiger partial charge >= 0.3 is 0 Å². The second-order valence-corrected chi connectivity index (χ2v) is 13.9. The van der Waals surface area contributed by atoms with Crippen LogP contribution in [0, 0.1) is 0 Å². The van der Waals surface area contributed by atoms with Gasteiger partial charge in [0, 0.05) is 0 Å². The van der Waals surface area contributed by atoms with Crippen LogP contribution in [-0.2, 0) is 37.9 Å². The molecule has 5 fully saturated rings. The number of aliphatic hydroxyl groups excluding tert-OH is 15. The predicted octanol–water partition coefficient (Wildman–Crippen LogP) is -9.45. The summed E-state index contributed by atoms with van der Waals surface area (Å²) in [6.07, 6.45) is -39.0. The van der Waals surface area contributed by atoms with Gasteiger partial charge in [-0.2, -0.15) is 0 Å². The van der Waals surface area contributed by atoms with E-state index in [2.05, 4.69) is 0 Å². The van der Waals surface area contributed by atoms with Gasteiger partial charge in [0.2, 0.25) is 0 Å². The van der Waals surface area contributed by atoms with Crippen molar-refractivity contribution >= 4 is 0 Å². The van der Waals surface area contributed by atoms with Crippen LogP contribution in [0.5, 0.6) is 0 Å². The number of rotatable bonds is 11. The molecule has 4 aliphatic heterocycles. The highest BCUT2D eigenvalue weighted by Gasteiger charge is 2.55. The Balaban J connectivity index is 1.18. The minimum absolute atomic E-state index is 0.0182. The maximum absolute atomic E-state index is 11.0. The summed E-state index contributed by atoms with van der Waals surface area (Å²) in [5.74, 6) is 0. The van der Waals surface area contributed by atoms with Crippen LogP contribution in [0.2, 0.25) is 0 Å². The van der Waals surface area contributed by atoms with Crippen LogP contribution in [-0.4, -0.2) is 244 Å². The van der Waals surface area contributed by atoms with E-state index in [-0.39, 0.29) is 12.8 Å². The molecule has 53 heavy (non-hydrogen) atoms. The average molecular weight is 781 g/mol. The zero-order chi connectivity index (χ0) is 39.0. The molecule has 5 rings (SSSR count). The lowest BCUT2D eigenvalue weighted by atomic mass is 9.88. The van der Waals surface area contributed by atoms with Gasteiger partial charge in [-0.3, -0.25) is 0 Å². The van der Waals surface area contributed by atoms with Crippen molar-refractivity contribution in [3.8, 4) is 0 Å². The topological polar surface area (TPSA) is 377 Å². The largest absolute Gasteiger partial charge is 0.394 e. The molecule has 0 unspecified atom stereocenters. The summed E-state index contributed by atoms with van der Waals surface area (Å²) in [5.41, 5.74) is 0. The Morgan fingerprint density at radius 3 is 1.26 bits per heavy atom. The lowest BCUT2D eigenvalue weighted by molar-refractivity contribution is -0.382. The van der Waals surface area contributed by atoms with Gasteiger partial charge in [0.15, 0.2) is 25.2 Å². The van der Waals surface area contributed by atoms with Crippen LogP contribution in [0.1, 0.15) is 19.8 Å². The third-order valence-electron chi connectivity index (χ3n) is 10.4. The zero-order valence-electron chi connectivity index (χ0n) is 28.4. The predicted molar refractivity (Wildman–Crippen MR) is 162 cm³/mol. The van der Waals surface area contributed by atoms with Crippen molar-refractivity contribution in [2.24, 2.45) is 0 Å². The van der Waals surface area contributed by atoms with Crippen molar-refractivity contribution in [2.45, 2.75) is 167 Å². The van der Waals surface area contributed by atoms with Gasteiger partial charge in [-0.1, -0.05) is 0 Å². The SMILES string of the molecule is C[C@@H]1O[C@H](O)[C@H](O)[C@H](O)[C@H]1O[C@@H]1CC[C@@H](O[C@H]2O[C@@H](CO)[C@H](O[C@@H]3O[C@H](CO)[C@@H](O[C@@H]4O[C@H](CO)[C@H](O)[C@@H](O)[C@@H]4O)[C@H](O)[C@@H]3O)[C@@H](O)[C@@H]2O)[C@H](O)[C@@H]1O. The Hall–Kier alpha value is -0.920. The molecule has 15 N–H and O–H groups in total. The summed E-state index contributed by atoms with van der Waals surface area (Å²) in [5, 5.41) is 155. The number of hydrogen-bond donors (Lipinski definition) is 15. The molecule has 1 aliphatic carbocycles. The summed E-state index contributed by atoms with van der Waals surface area (Å²) in [6, 6.07) is 0. The fourth-order valence-electron chi connectivity index (χ4n) is 7.15. The van der Waals surface area contributed by atoms with Crippen molar-refractivity contribution in [2.75, 3.05) is 19.8 Å². The molecule has 0 amide bonds. The average Bonchev–Trinajstić information content (AvgIpc) is 3.14. The molecule has 4 saturated heterocycles. The molecule has 23 heteroatoms. The zero-order valence-corrected chi connectivity index (χ0v) is 28.4. The van der Waals surface area contributed by atoms with Gasteiger partial charge in [0.05, 0.1) is 38.1 Å². The molecule has 23 nitrogen and oxygen atoms in total. The van der Waals surface area contributed by atoms with Crippen molar-refractivity contribution in [1.82, 2.24) is 0 Å². The Morgan fingerprint density at radius 1 is 0.396 bits per heavy atom. The van der Waals surface area contributed by atoms with Crippen molar-refractivity contribution < 1.29 is 114 Å². The van der Waals surface area contributed by atoms with Crippen LogP contribution >= 0.6 is 0 Å². The van der Waals surface area contributed by atoms with Crippen LogP contribution in [0.15, 0.2) is 0 Å². The molecule has 4 heterocycles. The first-order chi connectivity index (χ1) is 25.0. The summed E-state index contributed by atoms with van der Waals surface area (Å²) in [4.78, 5) is 0. The maximum atomic E-state index is 11.0. The fourth-order valence-corrected chi connectivity index (χ4v) is 7.15. The van der Waals surface area contributed by atoms with Gasteiger partial charge in [-0.15, -0.1) is 0 Å². The first kappa shape index (κ1) is 43.2. The first-order valence-electron chi connectivity index (χ1n) is 17.3. The van der Waals surface area contributed by atoms with E-state index >= 15 is 0 Å². The van der Waals surface area contributed by atoms with E-state index in [9.17, 15) is 76.6 Å². The molecule has 0 radical (unpaired) electrons. The van der Waals surface area contributed by atoms with E-state index in [4.69, 9.17) is 37.9 Å². The van der Waals surface area contributed by atoms with Gasteiger partial charge in [0.25, 0.3) is 0 Å². The molecule has 0 aromatic heterocycles. The third kappa shape index (κ3) is 8.82. The lowest BCUT2D eigenvalue weighted by Gasteiger charge is -2.48. The van der Waals surface area contributed by atoms with E-state index in [1.165, 1.54) is 6.92 Å². The monoisotopic (exact) mass is 780 g/mol. The van der Waals surface area contributed by atoms with Gasteiger partial charge < -0.3 is 114 Å². The van der Waals surface area contributed by atoms with Crippen molar-refractivity contribution in [3.05, 3.63) is 0 Å². The molecule has 0 spiro atoms.